The number of aromatic nitrogens is 3. The summed E-state index contributed by atoms with van der Waals surface area (Å²) in [4.78, 5) is 1.42. The van der Waals surface area contributed by atoms with Gasteiger partial charge in [-0.1, -0.05) is 30.3 Å². The van der Waals surface area contributed by atoms with E-state index in [-0.39, 0.29) is 0 Å². The van der Waals surface area contributed by atoms with Crippen LogP contribution in [0.2, 0.25) is 0 Å². The molecule has 5 nitrogen and oxygen atoms in total. The van der Waals surface area contributed by atoms with Gasteiger partial charge in [-0.3, -0.25) is 0 Å². The van der Waals surface area contributed by atoms with Crippen molar-refractivity contribution in [3.05, 3.63) is 54.1 Å². The summed E-state index contributed by atoms with van der Waals surface area (Å²) in [6, 6.07) is 14.4. The summed E-state index contributed by atoms with van der Waals surface area (Å²) in [6.45, 7) is 1.31. The van der Waals surface area contributed by atoms with E-state index in [0.717, 1.165) is 11.0 Å². The van der Waals surface area contributed by atoms with Crippen LogP contribution in [0.15, 0.2) is 48.5 Å². The van der Waals surface area contributed by atoms with E-state index in [4.69, 9.17) is 0 Å². The maximum Gasteiger partial charge on any atom is 0.188 e. The van der Waals surface area contributed by atoms with E-state index >= 15 is 0 Å². The Hall–Kier alpha value is -2.24. The topological polar surface area (TPSA) is 71.2 Å². The second-order valence-electron chi connectivity index (χ2n) is 4.52. The van der Waals surface area contributed by atoms with Crippen LogP contribution in [0.5, 0.6) is 0 Å². The second-order valence-corrected chi connectivity index (χ2v) is 4.52. The molecule has 0 saturated carbocycles. The van der Waals surface area contributed by atoms with E-state index in [2.05, 4.69) is 10.2 Å². The van der Waals surface area contributed by atoms with Gasteiger partial charge in [0.1, 0.15) is 11.0 Å². The minimum Gasteiger partial charge on any atom is -0.362 e. The van der Waals surface area contributed by atoms with E-state index in [9.17, 15) is 10.2 Å². The zero-order valence-corrected chi connectivity index (χ0v) is 10.4. The molecule has 2 aromatic carbocycles. The van der Waals surface area contributed by atoms with Gasteiger partial charge in [0.05, 0.1) is 5.69 Å². The molecule has 0 aliphatic heterocycles. The van der Waals surface area contributed by atoms with E-state index < -0.39 is 5.79 Å². The van der Waals surface area contributed by atoms with Crippen LogP contribution in [-0.2, 0) is 5.79 Å². The summed E-state index contributed by atoms with van der Waals surface area (Å²) in [5.74, 6) is -1.93. The number of para-hydroxylation sites is 1. The van der Waals surface area contributed by atoms with Gasteiger partial charge in [-0.05, 0) is 25.1 Å². The van der Waals surface area contributed by atoms with Crippen molar-refractivity contribution >= 4 is 11.0 Å². The van der Waals surface area contributed by atoms with Crippen LogP contribution in [-0.4, -0.2) is 25.2 Å². The lowest BCUT2D eigenvalue weighted by molar-refractivity contribution is -0.152. The molecule has 0 bridgehead atoms. The zero-order chi connectivity index (χ0) is 13.5. The summed E-state index contributed by atoms with van der Waals surface area (Å²) < 4.78 is 0. The Morgan fingerprint density at radius 3 is 2.00 bits per heavy atom. The van der Waals surface area contributed by atoms with Crippen molar-refractivity contribution in [1.82, 2.24) is 15.0 Å². The molecule has 96 valence electrons. The molecule has 1 heterocycles. The molecule has 2 N–H and O–H groups in total. The van der Waals surface area contributed by atoms with Gasteiger partial charge in [-0.15, -0.1) is 15.0 Å². The number of aliphatic hydroxyl groups is 2. The van der Waals surface area contributed by atoms with Crippen LogP contribution in [0, 0.1) is 0 Å². The fraction of sp³-hybridized carbons (Fsp3) is 0.143. The van der Waals surface area contributed by atoms with Gasteiger partial charge < -0.3 is 10.2 Å². The first kappa shape index (κ1) is 11.8. The highest BCUT2D eigenvalue weighted by atomic mass is 16.5. The van der Waals surface area contributed by atoms with Gasteiger partial charge in [0.25, 0.3) is 0 Å². The Kier molecular flexibility index (Phi) is 2.58. The number of nitrogens with zero attached hydrogens (tertiary/aromatic N) is 3. The Bertz CT molecular complexity index is 696. The lowest BCUT2D eigenvalue weighted by atomic mass is 10.1. The third-order valence-corrected chi connectivity index (χ3v) is 2.92. The van der Waals surface area contributed by atoms with Gasteiger partial charge in [-0.25, -0.2) is 0 Å². The Morgan fingerprint density at radius 1 is 0.895 bits per heavy atom. The Balaban J connectivity index is 2.22. The van der Waals surface area contributed by atoms with Crippen molar-refractivity contribution in [2.24, 2.45) is 0 Å². The summed E-state index contributed by atoms with van der Waals surface area (Å²) in [7, 11) is 0. The molecule has 0 saturated heterocycles. The molecule has 3 aromatic rings. The summed E-state index contributed by atoms with van der Waals surface area (Å²) in [5.41, 5.74) is 2.42. The molecule has 0 spiro atoms. The van der Waals surface area contributed by atoms with Crippen LogP contribution in [0.4, 0.5) is 0 Å². The van der Waals surface area contributed by atoms with Crippen molar-refractivity contribution in [2.45, 2.75) is 12.7 Å². The van der Waals surface area contributed by atoms with Gasteiger partial charge in [0.2, 0.25) is 0 Å². The lowest BCUT2D eigenvalue weighted by Gasteiger charge is -2.19. The molecular weight excluding hydrogens is 242 g/mol. The van der Waals surface area contributed by atoms with Crippen LogP contribution in [0.1, 0.15) is 12.5 Å². The average Bonchev–Trinajstić information content (AvgIpc) is 2.81. The molecule has 19 heavy (non-hydrogen) atoms. The lowest BCUT2D eigenvalue weighted by Crippen LogP contribution is -2.22. The fourth-order valence-corrected chi connectivity index (χ4v) is 2.02. The maximum atomic E-state index is 9.79. The molecule has 0 aliphatic carbocycles. The quantitative estimate of drug-likeness (QED) is 0.682. The largest absolute Gasteiger partial charge is 0.362 e. The van der Waals surface area contributed by atoms with Crippen LogP contribution >= 0.6 is 0 Å². The highest BCUT2D eigenvalue weighted by Gasteiger charge is 2.23. The van der Waals surface area contributed by atoms with Crippen molar-refractivity contribution in [1.29, 1.82) is 0 Å². The van der Waals surface area contributed by atoms with E-state index in [1.807, 2.05) is 24.3 Å². The number of hydrogen-bond donors (Lipinski definition) is 2. The molecular formula is C14H13N3O2. The molecule has 5 heteroatoms. The number of benzene rings is 2. The normalized spacial score (nSPS) is 11.9. The number of fused-ring (bicyclic) bond motifs is 1. The van der Waals surface area contributed by atoms with E-state index in [0.29, 0.717) is 11.3 Å². The van der Waals surface area contributed by atoms with Gasteiger partial charge in [0.15, 0.2) is 5.79 Å². The van der Waals surface area contributed by atoms with Crippen LogP contribution < -0.4 is 0 Å². The SMILES string of the molecule is CC(O)(O)c1ccccc1-n1nc2ccccc2n1. The molecule has 0 fully saturated rings. The first-order chi connectivity index (χ1) is 9.05. The number of rotatable bonds is 2. The molecule has 0 radical (unpaired) electrons. The van der Waals surface area contributed by atoms with Gasteiger partial charge in [0, 0.05) is 5.56 Å². The molecule has 0 amide bonds. The molecule has 0 unspecified atom stereocenters. The van der Waals surface area contributed by atoms with Crippen molar-refractivity contribution < 1.29 is 10.2 Å². The fourth-order valence-electron chi connectivity index (χ4n) is 2.02. The van der Waals surface area contributed by atoms with Crippen molar-refractivity contribution in [2.75, 3.05) is 0 Å². The highest BCUT2D eigenvalue weighted by molar-refractivity contribution is 5.73. The maximum absolute atomic E-state index is 9.79. The van der Waals surface area contributed by atoms with E-state index in [1.54, 1.807) is 24.3 Å². The first-order valence-corrected chi connectivity index (χ1v) is 5.92. The molecule has 1 aromatic heterocycles. The van der Waals surface area contributed by atoms with Crippen molar-refractivity contribution in [3.63, 3.8) is 0 Å². The third-order valence-electron chi connectivity index (χ3n) is 2.92. The van der Waals surface area contributed by atoms with Crippen LogP contribution in [0.25, 0.3) is 16.7 Å². The molecule has 3 rings (SSSR count). The monoisotopic (exact) mass is 255 g/mol. The average molecular weight is 255 g/mol. The Labute approximate surface area is 109 Å². The summed E-state index contributed by atoms with van der Waals surface area (Å²) in [6.07, 6.45) is 0. The zero-order valence-electron chi connectivity index (χ0n) is 10.4. The highest BCUT2D eigenvalue weighted by Crippen LogP contribution is 2.24. The van der Waals surface area contributed by atoms with Gasteiger partial charge in [-0.2, -0.15) is 0 Å². The molecule has 0 atom stereocenters. The minimum atomic E-state index is -1.93. The van der Waals surface area contributed by atoms with Crippen LogP contribution in [0.3, 0.4) is 0 Å². The van der Waals surface area contributed by atoms with Gasteiger partial charge >= 0.3 is 0 Å². The summed E-state index contributed by atoms with van der Waals surface area (Å²) in [5, 5.41) is 28.3. The number of hydrogen-bond acceptors (Lipinski definition) is 4. The smallest absolute Gasteiger partial charge is 0.188 e. The Morgan fingerprint density at radius 2 is 1.42 bits per heavy atom. The predicted molar refractivity (Wildman–Crippen MR) is 70.7 cm³/mol. The minimum absolute atomic E-state index is 0.357. The van der Waals surface area contributed by atoms with Crippen molar-refractivity contribution in [3.8, 4) is 5.69 Å². The standard InChI is InChI=1S/C14H13N3O2/c1-14(18,19)10-6-2-5-9-13(10)17-15-11-7-3-4-8-12(11)16-17/h2-9,18-19H,1H3. The summed E-state index contributed by atoms with van der Waals surface area (Å²) >= 11 is 0. The predicted octanol–water partition coefficient (Wildman–Crippen LogP) is 1.58. The molecule has 0 aliphatic rings. The third kappa shape index (κ3) is 2.09. The van der Waals surface area contributed by atoms with E-state index in [1.165, 1.54) is 11.7 Å². The first-order valence-electron chi connectivity index (χ1n) is 5.92. The second kappa shape index (κ2) is 4.15.